The lowest BCUT2D eigenvalue weighted by Crippen LogP contribution is -2.23. The molecule has 0 saturated heterocycles. The predicted molar refractivity (Wildman–Crippen MR) is 80.9 cm³/mol. The van der Waals surface area contributed by atoms with Gasteiger partial charge < -0.3 is 5.32 Å². The number of terminal acetylenes is 1. The van der Waals surface area contributed by atoms with Gasteiger partial charge in [0.15, 0.2) is 0 Å². The van der Waals surface area contributed by atoms with E-state index in [0.717, 1.165) is 5.69 Å². The molecule has 0 aromatic carbocycles. The van der Waals surface area contributed by atoms with Crippen LogP contribution in [0.15, 0.2) is 27.9 Å². The van der Waals surface area contributed by atoms with E-state index in [1.165, 1.54) is 4.68 Å². The lowest BCUT2D eigenvalue weighted by molar-refractivity contribution is 0.532. The summed E-state index contributed by atoms with van der Waals surface area (Å²) in [7, 11) is 0. The zero-order chi connectivity index (χ0) is 14.7. The third-order valence-corrected chi connectivity index (χ3v) is 3.40. The van der Waals surface area contributed by atoms with Crippen molar-refractivity contribution in [2.45, 2.75) is 26.4 Å². The summed E-state index contributed by atoms with van der Waals surface area (Å²) < 4.78 is 3.43. The second-order valence-corrected chi connectivity index (χ2v) is 5.26. The average molecular weight is 336 g/mol. The molecule has 1 N–H and O–H groups in total. The number of halogens is 1. The standard InChI is InChI=1S/C13H14BrN5O/c1-4-5-18-13(20)12(14)11(7-16-18)17-10-6-15-19(8-10)9(2)3/h1,6-9,17H,5H2,2-3H3. The normalized spacial score (nSPS) is 10.6. The summed E-state index contributed by atoms with van der Waals surface area (Å²) in [6.07, 6.45) is 10.3. The summed E-state index contributed by atoms with van der Waals surface area (Å²) in [4.78, 5) is 12.0. The van der Waals surface area contributed by atoms with Crippen LogP contribution in [-0.2, 0) is 6.54 Å². The lowest BCUT2D eigenvalue weighted by atomic mass is 10.4. The molecule has 6 nitrogen and oxygen atoms in total. The Morgan fingerprint density at radius 2 is 2.20 bits per heavy atom. The first-order valence-electron chi connectivity index (χ1n) is 6.03. The Labute approximate surface area is 124 Å². The van der Waals surface area contributed by atoms with Gasteiger partial charge in [0.25, 0.3) is 5.56 Å². The number of nitrogens with one attached hydrogen (secondary N) is 1. The van der Waals surface area contributed by atoms with E-state index in [1.807, 2.05) is 24.7 Å². The average Bonchev–Trinajstić information content (AvgIpc) is 2.87. The van der Waals surface area contributed by atoms with E-state index in [-0.39, 0.29) is 18.1 Å². The minimum Gasteiger partial charge on any atom is -0.351 e. The third kappa shape index (κ3) is 2.91. The van der Waals surface area contributed by atoms with Gasteiger partial charge >= 0.3 is 0 Å². The van der Waals surface area contributed by atoms with Crippen LogP contribution in [0, 0.1) is 12.3 Å². The summed E-state index contributed by atoms with van der Waals surface area (Å²) in [6, 6.07) is 0.274. The smallest absolute Gasteiger partial charge is 0.284 e. The highest BCUT2D eigenvalue weighted by atomic mass is 79.9. The number of hydrogen-bond acceptors (Lipinski definition) is 4. The van der Waals surface area contributed by atoms with Gasteiger partial charge in [-0.2, -0.15) is 10.2 Å². The molecule has 0 bridgehead atoms. The van der Waals surface area contributed by atoms with E-state index in [2.05, 4.69) is 37.4 Å². The van der Waals surface area contributed by atoms with Gasteiger partial charge in [0.2, 0.25) is 0 Å². The van der Waals surface area contributed by atoms with Crippen molar-refractivity contribution in [3.05, 3.63) is 33.4 Å². The minimum absolute atomic E-state index is 0.142. The van der Waals surface area contributed by atoms with Gasteiger partial charge in [0, 0.05) is 12.2 Å². The molecular formula is C13H14BrN5O. The monoisotopic (exact) mass is 335 g/mol. The van der Waals surface area contributed by atoms with Crippen LogP contribution in [0.25, 0.3) is 0 Å². The summed E-state index contributed by atoms with van der Waals surface area (Å²) in [5, 5.41) is 11.3. The van der Waals surface area contributed by atoms with Crippen LogP contribution in [0.1, 0.15) is 19.9 Å². The maximum atomic E-state index is 12.0. The molecule has 104 valence electrons. The van der Waals surface area contributed by atoms with E-state index < -0.39 is 0 Å². The van der Waals surface area contributed by atoms with Crippen LogP contribution < -0.4 is 10.9 Å². The molecule has 0 aliphatic rings. The minimum atomic E-state index is -0.274. The van der Waals surface area contributed by atoms with E-state index in [0.29, 0.717) is 10.2 Å². The fourth-order valence-corrected chi connectivity index (χ4v) is 2.00. The number of anilines is 2. The van der Waals surface area contributed by atoms with Crippen molar-refractivity contribution in [2.24, 2.45) is 0 Å². The Hall–Kier alpha value is -2.07. The largest absolute Gasteiger partial charge is 0.351 e. The van der Waals surface area contributed by atoms with E-state index in [4.69, 9.17) is 6.42 Å². The molecule has 0 amide bonds. The van der Waals surface area contributed by atoms with Crippen LogP contribution in [0.5, 0.6) is 0 Å². The number of hydrogen-bond donors (Lipinski definition) is 1. The quantitative estimate of drug-likeness (QED) is 0.869. The van der Waals surface area contributed by atoms with Gasteiger partial charge in [-0.3, -0.25) is 9.48 Å². The molecule has 0 unspecified atom stereocenters. The Bertz CT molecular complexity index is 710. The maximum Gasteiger partial charge on any atom is 0.284 e. The number of rotatable bonds is 4. The van der Waals surface area contributed by atoms with E-state index in [1.54, 1.807) is 12.4 Å². The molecular weight excluding hydrogens is 322 g/mol. The van der Waals surface area contributed by atoms with Crippen molar-refractivity contribution < 1.29 is 0 Å². The highest BCUT2D eigenvalue weighted by Gasteiger charge is 2.09. The van der Waals surface area contributed by atoms with Crippen molar-refractivity contribution in [2.75, 3.05) is 5.32 Å². The first-order valence-corrected chi connectivity index (χ1v) is 6.82. The van der Waals surface area contributed by atoms with Gasteiger partial charge in [-0.25, -0.2) is 4.68 Å². The van der Waals surface area contributed by atoms with Crippen molar-refractivity contribution in [1.29, 1.82) is 0 Å². The van der Waals surface area contributed by atoms with Crippen molar-refractivity contribution in [3.8, 4) is 12.3 Å². The second kappa shape index (κ2) is 5.92. The molecule has 0 saturated carbocycles. The van der Waals surface area contributed by atoms with Crippen LogP contribution >= 0.6 is 15.9 Å². The molecule has 2 heterocycles. The van der Waals surface area contributed by atoms with Gasteiger partial charge in [-0.1, -0.05) is 5.92 Å². The fourth-order valence-electron chi connectivity index (χ4n) is 1.59. The Morgan fingerprint density at radius 1 is 1.45 bits per heavy atom. The highest BCUT2D eigenvalue weighted by Crippen LogP contribution is 2.21. The van der Waals surface area contributed by atoms with E-state index >= 15 is 0 Å². The fraction of sp³-hybridized carbons (Fsp3) is 0.308. The number of nitrogens with zero attached hydrogens (tertiary/aromatic N) is 4. The molecule has 0 fully saturated rings. The molecule has 0 atom stereocenters. The van der Waals surface area contributed by atoms with Crippen molar-refractivity contribution >= 4 is 27.3 Å². The zero-order valence-electron chi connectivity index (χ0n) is 11.2. The van der Waals surface area contributed by atoms with Crippen molar-refractivity contribution in [1.82, 2.24) is 19.6 Å². The summed E-state index contributed by atoms with van der Waals surface area (Å²) in [6.45, 7) is 4.22. The molecule has 7 heteroatoms. The molecule has 20 heavy (non-hydrogen) atoms. The topological polar surface area (TPSA) is 64.7 Å². The molecule has 0 radical (unpaired) electrons. The Morgan fingerprint density at radius 3 is 2.80 bits per heavy atom. The predicted octanol–water partition coefficient (Wildman–Crippen LogP) is 2.16. The molecule has 2 rings (SSSR count). The Balaban J connectivity index is 2.28. The maximum absolute atomic E-state index is 12.0. The molecule has 2 aromatic rings. The molecule has 0 aliphatic carbocycles. The molecule has 0 spiro atoms. The first kappa shape index (κ1) is 14.3. The lowest BCUT2D eigenvalue weighted by Gasteiger charge is -2.07. The highest BCUT2D eigenvalue weighted by molar-refractivity contribution is 9.10. The third-order valence-electron chi connectivity index (χ3n) is 2.64. The van der Waals surface area contributed by atoms with Gasteiger partial charge in [0.1, 0.15) is 11.0 Å². The van der Waals surface area contributed by atoms with Crippen molar-refractivity contribution in [3.63, 3.8) is 0 Å². The van der Waals surface area contributed by atoms with Gasteiger partial charge in [-0.15, -0.1) is 6.42 Å². The number of aromatic nitrogens is 4. The van der Waals surface area contributed by atoms with Gasteiger partial charge in [-0.05, 0) is 29.8 Å². The summed E-state index contributed by atoms with van der Waals surface area (Å²) >= 11 is 3.26. The van der Waals surface area contributed by atoms with Crippen LogP contribution in [-0.4, -0.2) is 19.6 Å². The molecule has 0 aliphatic heterocycles. The zero-order valence-corrected chi connectivity index (χ0v) is 12.8. The van der Waals surface area contributed by atoms with Crippen LogP contribution in [0.2, 0.25) is 0 Å². The summed E-state index contributed by atoms with van der Waals surface area (Å²) in [5.41, 5.74) is 1.09. The van der Waals surface area contributed by atoms with Crippen LogP contribution in [0.3, 0.4) is 0 Å². The Kier molecular flexibility index (Phi) is 4.25. The second-order valence-electron chi connectivity index (χ2n) is 4.47. The van der Waals surface area contributed by atoms with Gasteiger partial charge in [0.05, 0.1) is 23.8 Å². The first-order chi connectivity index (χ1) is 9.52. The molecule has 2 aromatic heterocycles. The summed E-state index contributed by atoms with van der Waals surface area (Å²) in [5.74, 6) is 2.38. The van der Waals surface area contributed by atoms with Crippen LogP contribution in [0.4, 0.5) is 11.4 Å². The van der Waals surface area contributed by atoms with E-state index in [9.17, 15) is 4.79 Å². The SMILES string of the molecule is C#CCn1ncc(Nc2cnn(C(C)C)c2)c(Br)c1=O.